The third-order valence-electron chi connectivity index (χ3n) is 13.6. The van der Waals surface area contributed by atoms with E-state index >= 15 is 0 Å². The van der Waals surface area contributed by atoms with Crippen LogP contribution in [0.25, 0.3) is 66.4 Å². The fraction of sp³-hybridized carbons (Fsp3) is 0.0154. The number of anilines is 3. The minimum absolute atomic E-state index is 0.523. The summed E-state index contributed by atoms with van der Waals surface area (Å²) in [4.78, 5) is 2.50. The fourth-order valence-electron chi connectivity index (χ4n) is 10.6. The van der Waals surface area contributed by atoms with E-state index in [9.17, 15) is 0 Å². The van der Waals surface area contributed by atoms with E-state index in [4.69, 9.17) is 0 Å². The molecular formula is C65H45N. The van der Waals surface area contributed by atoms with Crippen LogP contribution in [0.15, 0.2) is 273 Å². The number of rotatable bonds is 9. The molecule has 1 aliphatic carbocycles. The monoisotopic (exact) mass is 839 g/mol. The number of para-hydroxylation sites is 1. The van der Waals surface area contributed by atoms with Crippen molar-refractivity contribution in [2.45, 2.75) is 5.41 Å². The summed E-state index contributed by atoms with van der Waals surface area (Å²) in [6.45, 7) is 0. The molecule has 0 heterocycles. The quantitative estimate of drug-likeness (QED) is 0.140. The van der Waals surface area contributed by atoms with Crippen LogP contribution >= 0.6 is 0 Å². The van der Waals surface area contributed by atoms with Crippen LogP contribution in [-0.2, 0) is 5.41 Å². The summed E-state index contributed by atoms with van der Waals surface area (Å²) >= 11 is 0. The molecule has 11 aromatic rings. The van der Waals surface area contributed by atoms with E-state index in [0.29, 0.717) is 0 Å². The molecule has 0 N–H and O–H groups in total. The molecule has 1 heteroatoms. The molecule has 0 aromatic heterocycles. The molecule has 0 atom stereocenters. The summed E-state index contributed by atoms with van der Waals surface area (Å²) in [5, 5.41) is 2.52. The molecule has 0 bridgehead atoms. The van der Waals surface area contributed by atoms with Gasteiger partial charge >= 0.3 is 0 Å². The summed E-state index contributed by atoms with van der Waals surface area (Å²) in [6.07, 6.45) is 0. The Kier molecular flexibility index (Phi) is 9.81. The molecule has 0 spiro atoms. The molecule has 1 aliphatic rings. The van der Waals surface area contributed by atoms with Crippen LogP contribution in [0.1, 0.15) is 22.3 Å². The Labute approximate surface area is 387 Å². The van der Waals surface area contributed by atoms with Crippen molar-refractivity contribution in [1.29, 1.82) is 0 Å². The maximum atomic E-state index is 2.50. The van der Waals surface area contributed by atoms with E-state index in [1.807, 2.05) is 0 Å². The highest BCUT2D eigenvalue weighted by Crippen LogP contribution is 2.60. The second-order valence-electron chi connectivity index (χ2n) is 17.2. The van der Waals surface area contributed by atoms with Crippen LogP contribution in [0.3, 0.4) is 0 Å². The van der Waals surface area contributed by atoms with Crippen LogP contribution in [0.2, 0.25) is 0 Å². The molecule has 310 valence electrons. The average Bonchev–Trinajstić information content (AvgIpc) is 3.71. The highest BCUT2D eigenvalue weighted by molar-refractivity contribution is 6.00. The van der Waals surface area contributed by atoms with Crippen molar-refractivity contribution in [3.8, 4) is 55.6 Å². The zero-order chi connectivity index (χ0) is 43.9. The van der Waals surface area contributed by atoms with Gasteiger partial charge < -0.3 is 4.90 Å². The first kappa shape index (κ1) is 39.1. The molecule has 0 aliphatic heterocycles. The van der Waals surface area contributed by atoms with Gasteiger partial charge in [-0.1, -0.05) is 249 Å². The molecule has 66 heavy (non-hydrogen) atoms. The molecule has 0 radical (unpaired) electrons. The molecule has 12 rings (SSSR count). The van der Waals surface area contributed by atoms with Crippen molar-refractivity contribution in [1.82, 2.24) is 0 Å². The topological polar surface area (TPSA) is 3.24 Å². The van der Waals surface area contributed by atoms with E-state index in [2.05, 4.69) is 278 Å². The summed E-state index contributed by atoms with van der Waals surface area (Å²) in [7, 11) is 0. The molecule has 11 aromatic carbocycles. The van der Waals surface area contributed by atoms with Gasteiger partial charge in [0.2, 0.25) is 0 Å². The predicted molar refractivity (Wildman–Crippen MR) is 278 cm³/mol. The zero-order valence-corrected chi connectivity index (χ0v) is 36.4. The van der Waals surface area contributed by atoms with Crippen molar-refractivity contribution >= 4 is 27.8 Å². The van der Waals surface area contributed by atoms with Crippen molar-refractivity contribution in [2.24, 2.45) is 0 Å². The molecule has 0 amide bonds. The minimum atomic E-state index is -0.523. The van der Waals surface area contributed by atoms with Crippen LogP contribution in [-0.4, -0.2) is 0 Å². The van der Waals surface area contributed by atoms with Crippen LogP contribution in [0.4, 0.5) is 17.1 Å². The molecule has 1 nitrogen and oxygen atoms in total. The Balaban J connectivity index is 1.03. The first-order valence-electron chi connectivity index (χ1n) is 22.8. The van der Waals surface area contributed by atoms with Gasteiger partial charge in [-0.05, 0) is 102 Å². The van der Waals surface area contributed by atoms with Gasteiger partial charge in [0.15, 0.2) is 0 Å². The lowest BCUT2D eigenvalue weighted by molar-refractivity contribution is 0.768. The van der Waals surface area contributed by atoms with Gasteiger partial charge in [0, 0.05) is 16.8 Å². The third-order valence-corrected chi connectivity index (χ3v) is 13.6. The molecule has 0 fully saturated rings. The standard InChI is InChI=1S/C65H45N/c1-4-18-46(19-5-1)47-36-40-52(41-37-47)58-27-13-15-32-62(58)66(55-44-42-49(43-45-55)48-34-38-51(39-35-48)57-29-16-21-50-20-10-11-26-56(50)57)63-33-17-31-61-64(63)59-28-12-14-30-60(59)65(61,53-22-6-2-7-23-53)54-24-8-3-9-25-54/h1-45H. The lowest BCUT2D eigenvalue weighted by Crippen LogP contribution is -2.28. The van der Waals surface area contributed by atoms with Gasteiger partial charge in [-0.2, -0.15) is 0 Å². The van der Waals surface area contributed by atoms with Crippen molar-refractivity contribution in [3.63, 3.8) is 0 Å². The normalized spacial score (nSPS) is 12.4. The Morgan fingerprint density at radius 3 is 1.35 bits per heavy atom. The van der Waals surface area contributed by atoms with Crippen LogP contribution in [0, 0.1) is 0 Å². The largest absolute Gasteiger partial charge is 0.309 e. The summed E-state index contributed by atoms with van der Waals surface area (Å²) < 4.78 is 0. The lowest BCUT2D eigenvalue weighted by atomic mass is 9.68. The van der Waals surface area contributed by atoms with Crippen molar-refractivity contribution in [3.05, 3.63) is 295 Å². The SMILES string of the molecule is c1ccc(-c2ccc(-c3ccccc3N(c3ccc(-c4ccc(-c5cccc6ccccc56)cc4)cc3)c3cccc4c3-c3ccccc3C4(c3ccccc3)c3ccccc3)cc2)cc1. The highest BCUT2D eigenvalue weighted by Gasteiger charge is 2.47. The van der Waals surface area contributed by atoms with Crippen molar-refractivity contribution < 1.29 is 0 Å². The Hall–Kier alpha value is -8.52. The van der Waals surface area contributed by atoms with Crippen molar-refractivity contribution in [2.75, 3.05) is 4.90 Å². The molecule has 0 saturated heterocycles. The number of nitrogens with zero attached hydrogens (tertiary/aromatic N) is 1. The average molecular weight is 840 g/mol. The number of hydrogen-bond donors (Lipinski definition) is 0. The molecular weight excluding hydrogens is 795 g/mol. The zero-order valence-electron chi connectivity index (χ0n) is 36.4. The summed E-state index contributed by atoms with van der Waals surface area (Å²) in [6, 6.07) is 100. The Morgan fingerprint density at radius 2 is 0.682 bits per heavy atom. The van der Waals surface area contributed by atoms with Gasteiger partial charge in [-0.3, -0.25) is 0 Å². The van der Waals surface area contributed by atoms with E-state index in [1.165, 1.54) is 77.5 Å². The predicted octanol–water partition coefficient (Wildman–Crippen LogP) is 17.3. The van der Waals surface area contributed by atoms with Gasteiger partial charge in [0.1, 0.15) is 0 Å². The number of hydrogen-bond acceptors (Lipinski definition) is 1. The lowest BCUT2D eigenvalue weighted by Gasteiger charge is -2.34. The second-order valence-corrected chi connectivity index (χ2v) is 17.2. The third kappa shape index (κ3) is 6.56. The fourth-order valence-corrected chi connectivity index (χ4v) is 10.6. The first-order chi connectivity index (χ1) is 32.8. The van der Waals surface area contributed by atoms with E-state index in [1.54, 1.807) is 0 Å². The van der Waals surface area contributed by atoms with Gasteiger partial charge in [-0.15, -0.1) is 0 Å². The van der Waals surface area contributed by atoms with Crippen LogP contribution in [0.5, 0.6) is 0 Å². The summed E-state index contributed by atoms with van der Waals surface area (Å²) in [5.41, 5.74) is 19.9. The smallest absolute Gasteiger partial charge is 0.0714 e. The highest BCUT2D eigenvalue weighted by atomic mass is 15.1. The minimum Gasteiger partial charge on any atom is -0.309 e. The van der Waals surface area contributed by atoms with E-state index < -0.39 is 5.41 Å². The maximum absolute atomic E-state index is 2.50. The summed E-state index contributed by atoms with van der Waals surface area (Å²) in [5.74, 6) is 0. The maximum Gasteiger partial charge on any atom is 0.0714 e. The molecule has 0 saturated carbocycles. The van der Waals surface area contributed by atoms with E-state index in [0.717, 1.165) is 28.2 Å². The number of benzene rings is 11. The number of fused-ring (bicyclic) bond motifs is 4. The Morgan fingerprint density at radius 1 is 0.258 bits per heavy atom. The second kappa shape index (κ2) is 16.6. The van der Waals surface area contributed by atoms with Crippen LogP contribution < -0.4 is 4.90 Å². The van der Waals surface area contributed by atoms with Gasteiger partial charge in [0.05, 0.1) is 16.8 Å². The van der Waals surface area contributed by atoms with Gasteiger partial charge in [-0.25, -0.2) is 0 Å². The van der Waals surface area contributed by atoms with E-state index in [-0.39, 0.29) is 0 Å². The molecule has 0 unspecified atom stereocenters. The van der Waals surface area contributed by atoms with Gasteiger partial charge in [0.25, 0.3) is 0 Å². The first-order valence-corrected chi connectivity index (χ1v) is 22.8. The Bertz CT molecular complexity index is 3440.